The van der Waals surface area contributed by atoms with Gasteiger partial charge in [0.15, 0.2) is 5.16 Å². The molecule has 1 heterocycles. The Morgan fingerprint density at radius 2 is 2.00 bits per heavy atom. The van der Waals surface area contributed by atoms with Crippen LogP contribution in [0.15, 0.2) is 35.5 Å². The van der Waals surface area contributed by atoms with Crippen molar-refractivity contribution in [1.82, 2.24) is 20.1 Å². The number of benzene rings is 1. The van der Waals surface area contributed by atoms with Crippen molar-refractivity contribution in [2.45, 2.75) is 50.6 Å². The molecule has 0 aliphatic carbocycles. The largest absolute Gasteiger partial charge is 0.355 e. The van der Waals surface area contributed by atoms with Gasteiger partial charge in [0.1, 0.15) is 5.82 Å². The molecule has 1 atom stereocenters. The van der Waals surface area contributed by atoms with Gasteiger partial charge in [-0.1, -0.05) is 49.0 Å². The molecule has 0 saturated carbocycles. The Kier molecular flexibility index (Phi) is 6.65. The molecule has 124 valence electrons. The summed E-state index contributed by atoms with van der Waals surface area (Å²) in [6, 6.07) is 10.2. The summed E-state index contributed by atoms with van der Waals surface area (Å²) in [6.45, 7) is 7.52. The zero-order valence-corrected chi connectivity index (χ0v) is 14.8. The molecule has 0 spiro atoms. The molecule has 1 aromatic carbocycles. The Hall–Kier alpha value is -1.82. The van der Waals surface area contributed by atoms with Gasteiger partial charge in [0.25, 0.3) is 0 Å². The van der Waals surface area contributed by atoms with Crippen LogP contribution in [-0.4, -0.2) is 32.5 Å². The SMILES string of the molecule is CCCNC(=O)C(C)Sc1nnc(Cc2ccccc2)n1CC. The van der Waals surface area contributed by atoms with Crippen LogP contribution in [0.2, 0.25) is 0 Å². The van der Waals surface area contributed by atoms with Crippen molar-refractivity contribution in [3.63, 3.8) is 0 Å². The van der Waals surface area contributed by atoms with E-state index >= 15 is 0 Å². The van der Waals surface area contributed by atoms with Crippen LogP contribution in [0.1, 0.15) is 38.6 Å². The third-order valence-corrected chi connectivity index (χ3v) is 4.60. The van der Waals surface area contributed by atoms with E-state index in [-0.39, 0.29) is 11.2 Å². The van der Waals surface area contributed by atoms with E-state index in [0.717, 1.165) is 30.4 Å². The average Bonchev–Trinajstić information content (AvgIpc) is 2.94. The van der Waals surface area contributed by atoms with Gasteiger partial charge in [0.05, 0.1) is 5.25 Å². The fraction of sp³-hybridized carbons (Fsp3) is 0.471. The lowest BCUT2D eigenvalue weighted by atomic mass is 10.1. The molecule has 23 heavy (non-hydrogen) atoms. The molecule has 0 bridgehead atoms. The lowest BCUT2D eigenvalue weighted by molar-refractivity contribution is -0.120. The second-order valence-corrected chi connectivity index (χ2v) is 6.66. The second kappa shape index (κ2) is 8.72. The van der Waals surface area contributed by atoms with Crippen LogP contribution in [0.3, 0.4) is 0 Å². The number of aromatic nitrogens is 3. The van der Waals surface area contributed by atoms with Crippen LogP contribution >= 0.6 is 11.8 Å². The van der Waals surface area contributed by atoms with Gasteiger partial charge in [0, 0.05) is 19.5 Å². The molecule has 0 aliphatic rings. The van der Waals surface area contributed by atoms with Crippen molar-refractivity contribution >= 4 is 17.7 Å². The fourth-order valence-electron chi connectivity index (χ4n) is 2.24. The molecule has 5 nitrogen and oxygen atoms in total. The summed E-state index contributed by atoms with van der Waals surface area (Å²) in [7, 11) is 0. The van der Waals surface area contributed by atoms with Crippen LogP contribution in [-0.2, 0) is 17.8 Å². The molecule has 0 aliphatic heterocycles. The van der Waals surface area contributed by atoms with Crippen LogP contribution in [0.25, 0.3) is 0 Å². The maximum Gasteiger partial charge on any atom is 0.233 e. The van der Waals surface area contributed by atoms with Gasteiger partial charge >= 0.3 is 0 Å². The molecular weight excluding hydrogens is 308 g/mol. The van der Waals surface area contributed by atoms with Crippen molar-refractivity contribution < 1.29 is 4.79 Å². The summed E-state index contributed by atoms with van der Waals surface area (Å²) in [5.74, 6) is 0.981. The van der Waals surface area contributed by atoms with Gasteiger partial charge < -0.3 is 9.88 Å². The van der Waals surface area contributed by atoms with Crippen molar-refractivity contribution in [1.29, 1.82) is 0 Å². The topological polar surface area (TPSA) is 59.8 Å². The number of nitrogens with one attached hydrogen (secondary N) is 1. The molecule has 0 radical (unpaired) electrons. The first-order valence-electron chi connectivity index (χ1n) is 8.06. The van der Waals surface area contributed by atoms with Gasteiger partial charge in [-0.25, -0.2) is 0 Å². The van der Waals surface area contributed by atoms with E-state index in [1.807, 2.05) is 32.0 Å². The Bertz CT molecular complexity index is 627. The quantitative estimate of drug-likeness (QED) is 0.755. The number of thioether (sulfide) groups is 1. The smallest absolute Gasteiger partial charge is 0.233 e. The van der Waals surface area contributed by atoms with Crippen molar-refractivity contribution in [3.8, 4) is 0 Å². The lowest BCUT2D eigenvalue weighted by Crippen LogP contribution is -2.31. The molecule has 1 aromatic heterocycles. The highest BCUT2D eigenvalue weighted by Crippen LogP contribution is 2.23. The molecular formula is C17H24N4OS. The maximum absolute atomic E-state index is 12.0. The summed E-state index contributed by atoms with van der Waals surface area (Å²) in [4.78, 5) is 12.0. The molecule has 1 N–H and O–H groups in total. The van der Waals surface area contributed by atoms with E-state index in [4.69, 9.17) is 0 Å². The highest BCUT2D eigenvalue weighted by molar-refractivity contribution is 8.00. The molecule has 0 fully saturated rings. The molecule has 1 unspecified atom stereocenters. The van der Waals surface area contributed by atoms with E-state index < -0.39 is 0 Å². The summed E-state index contributed by atoms with van der Waals surface area (Å²) in [5.41, 5.74) is 1.21. The second-order valence-electron chi connectivity index (χ2n) is 5.36. The number of hydrogen-bond acceptors (Lipinski definition) is 4. The Morgan fingerprint density at radius 3 is 2.65 bits per heavy atom. The summed E-state index contributed by atoms with van der Waals surface area (Å²) in [6.07, 6.45) is 1.69. The van der Waals surface area contributed by atoms with Crippen LogP contribution in [0.5, 0.6) is 0 Å². The first-order valence-corrected chi connectivity index (χ1v) is 8.94. The number of amides is 1. The monoisotopic (exact) mass is 332 g/mol. The third kappa shape index (κ3) is 4.82. The zero-order chi connectivity index (χ0) is 16.7. The Balaban J connectivity index is 2.07. The maximum atomic E-state index is 12.0. The van der Waals surface area contributed by atoms with E-state index in [0.29, 0.717) is 6.54 Å². The van der Waals surface area contributed by atoms with Crippen molar-refractivity contribution in [3.05, 3.63) is 41.7 Å². The minimum absolute atomic E-state index is 0.0483. The third-order valence-electron chi connectivity index (χ3n) is 3.52. The number of carbonyl (C=O) groups excluding carboxylic acids is 1. The number of hydrogen-bond donors (Lipinski definition) is 1. The normalized spacial score (nSPS) is 12.1. The number of carbonyl (C=O) groups is 1. The van der Waals surface area contributed by atoms with Gasteiger partial charge in [-0.2, -0.15) is 0 Å². The summed E-state index contributed by atoms with van der Waals surface area (Å²) >= 11 is 1.46. The van der Waals surface area contributed by atoms with E-state index in [9.17, 15) is 4.79 Å². The molecule has 0 saturated heterocycles. The van der Waals surface area contributed by atoms with Gasteiger partial charge in [-0.05, 0) is 25.8 Å². The Labute approximate surface area is 141 Å². The summed E-state index contributed by atoms with van der Waals surface area (Å²) in [5, 5.41) is 12.1. The first kappa shape index (κ1) is 17.5. The van der Waals surface area contributed by atoms with Crippen molar-refractivity contribution in [2.75, 3.05) is 6.54 Å². The minimum atomic E-state index is -0.180. The van der Waals surface area contributed by atoms with Crippen LogP contribution in [0, 0.1) is 0 Å². The predicted molar refractivity (Wildman–Crippen MR) is 93.6 cm³/mol. The van der Waals surface area contributed by atoms with E-state index in [1.54, 1.807) is 0 Å². The number of nitrogens with zero attached hydrogens (tertiary/aromatic N) is 3. The molecule has 2 rings (SSSR count). The standard InChI is InChI=1S/C17H24N4OS/c1-4-11-18-16(22)13(3)23-17-20-19-15(21(17)5-2)12-14-9-7-6-8-10-14/h6-10,13H,4-5,11-12H2,1-3H3,(H,18,22). The highest BCUT2D eigenvalue weighted by atomic mass is 32.2. The van der Waals surface area contributed by atoms with Crippen LogP contribution < -0.4 is 5.32 Å². The van der Waals surface area contributed by atoms with Gasteiger partial charge in [-0.15, -0.1) is 10.2 Å². The zero-order valence-electron chi connectivity index (χ0n) is 14.0. The lowest BCUT2D eigenvalue weighted by Gasteiger charge is -2.12. The molecule has 1 amide bonds. The average molecular weight is 332 g/mol. The van der Waals surface area contributed by atoms with Crippen LogP contribution in [0.4, 0.5) is 0 Å². The summed E-state index contributed by atoms with van der Waals surface area (Å²) < 4.78 is 2.08. The van der Waals surface area contributed by atoms with Crippen molar-refractivity contribution in [2.24, 2.45) is 0 Å². The first-order chi connectivity index (χ1) is 11.2. The predicted octanol–water partition coefficient (Wildman–Crippen LogP) is 2.90. The number of rotatable bonds is 8. The Morgan fingerprint density at radius 1 is 1.26 bits per heavy atom. The minimum Gasteiger partial charge on any atom is -0.355 e. The molecule has 6 heteroatoms. The fourth-order valence-corrected chi connectivity index (χ4v) is 3.19. The van der Waals surface area contributed by atoms with Gasteiger partial charge in [0.2, 0.25) is 5.91 Å². The highest BCUT2D eigenvalue weighted by Gasteiger charge is 2.19. The van der Waals surface area contributed by atoms with E-state index in [1.165, 1.54) is 17.3 Å². The molecule has 2 aromatic rings. The van der Waals surface area contributed by atoms with Gasteiger partial charge in [-0.3, -0.25) is 4.79 Å². The van der Waals surface area contributed by atoms with E-state index in [2.05, 4.69) is 39.1 Å².